The van der Waals surface area contributed by atoms with Crippen LogP contribution in [-0.2, 0) is 19.6 Å². The number of halogens is 1. The molecular weight excluding hydrogens is 383 g/mol. The van der Waals surface area contributed by atoms with E-state index in [1.165, 1.54) is 6.07 Å². The molecule has 1 aromatic heterocycles. The van der Waals surface area contributed by atoms with Crippen LogP contribution in [0.1, 0.15) is 34.2 Å². The summed E-state index contributed by atoms with van der Waals surface area (Å²) in [7, 11) is 0. The minimum Gasteiger partial charge on any atom is -0.467 e. The van der Waals surface area contributed by atoms with Crippen molar-refractivity contribution in [1.82, 2.24) is 16.0 Å². The third kappa shape index (κ3) is 6.20. The van der Waals surface area contributed by atoms with Crippen LogP contribution in [0.25, 0.3) is 0 Å². The van der Waals surface area contributed by atoms with Crippen LogP contribution in [0.5, 0.6) is 0 Å². The normalized spacial score (nSPS) is 11.2. The Bertz CT molecular complexity index is 986. The van der Waals surface area contributed by atoms with Crippen molar-refractivity contribution in [3.05, 3.63) is 95.2 Å². The van der Waals surface area contributed by atoms with Crippen LogP contribution in [0.2, 0.25) is 0 Å². The van der Waals surface area contributed by atoms with Gasteiger partial charge in [0, 0.05) is 24.2 Å². The van der Waals surface area contributed by atoms with Gasteiger partial charge in [0.05, 0.1) is 19.4 Å². The third-order valence-electron chi connectivity index (χ3n) is 4.36. The van der Waals surface area contributed by atoms with Gasteiger partial charge in [-0.25, -0.2) is 9.38 Å². The van der Waals surface area contributed by atoms with Crippen molar-refractivity contribution in [2.75, 3.05) is 6.54 Å². The Morgan fingerprint density at radius 2 is 1.87 bits per heavy atom. The highest BCUT2D eigenvalue weighted by atomic mass is 19.1. The number of hydrogen-bond donors (Lipinski definition) is 3. The number of rotatable bonds is 8. The van der Waals surface area contributed by atoms with Gasteiger partial charge in [0.1, 0.15) is 11.6 Å². The SMILES string of the molecule is CCNC(=NCc1cccc(C(=O)NCc2ccco2)c1)NCc1ccccc1F. The molecule has 30 heavy (non-hydrogen) atoms. The predicted molar refractivity (Wildman–Crippen MR) is 114 cm³/mol. The topological polar surface area (TPSA) is 78.7 Å². The van der Waals surface area contributed by atoms with Crippen molar-refractivity contribution in [2.45, 2.75) is 26.6 Å². The van der Waals surface area contributed by atoms with Gasteiger partial charge in [0.15, 0.2) is 5.96 Å². The lowest BCUT2D eigenvalue weighted by molar-refractivity contribution is 0.0948. The van der Waals surface area contributed by atoms with Crippen LogP contribution in [0.15, 0.2) is 76.3 Å². The molecular formula is C23H25FN4O2. The van der Waals surface area contributed by atoms with Gasteiger partial charge >= 0.3 is 0 Å². The van der Waals surface area contributed by atoms with E-state index >= 15 is 0 Å². The number of guanidine groups is 1. The third-order valence-corrected chi connectivity index (χ3v) is 4.36. The molecule has 0 bridgehead atoms. The number of aliphatic imine (C=N–C) groups is 1. The van der Waals surface area contributed by atoms with Crippen LogP contribution < -0.4 is 16.0 Å². The Hall–Kier alpha value is -3.61. The highest BCUT2D eigenvalue weighted by molar-refractivity contribution is 5.94. The van der Waals surface area contributed by atoms with Crippen LogP contribution >= 0.6 is 0 Å². The number of furan rings is 1. The van der Waals surface area contributed by atoms with Gasteiger partial charge in [-0.05, 0) is 42.8 Å². The molecule has 0 radical (unpaired) electrons. The minimum atomic E-state index is -0.255. The Balaban J connectivity index is 1.60. The second-order valence-corrected chi connectivity index (χ2v) is 6.60. The number of carbonyl (C=O) groups excluding carboxylic acids is 1. The van der Waals surface area contributed by atoms with Crippen molar-refractivity contribution >= 4 is 11.9 Å². The second kappa shape index (κ2) is 10.8. The summed E-state index contributed by atoms with van der Waals surface area (Å²) in [5, 5.41) is 9.10. The Labute approximate surface area is 175 Å². The van der Waals surface area contributed by atoms with E-state index in [1.54, 1.807) is 42.7 Å². The zero-order chi connectivity index (χ0) is 21.2. The summed E-state index contributed by atoms with van der Waals surface area (Å²) in [6.07, 6.45) is 1.57. The van der Waals surface area contributed by atoms with E-state index in [2.05, 4.69) is 20.9 Å². The van der Waals surface area contributed by atoms with E-state index in [1.807, 2.05) is 25.1 Å². The molecule has 3 aromatic rings. The van der Waals surface area contributed by atoms with Gasteiger partial charge in [-0.3, -0.25) is 4.79 Å². The van der Waals surface area contributed by atoms with Crippen molar-refractivity contribution in [3.8, 4) is 0 Å². The summed E-state index contributed by atoms with van der Waals surface area (Å²) in [5.41, 5.74) is 2.01. The minimum absolute atomic E-state index is 0.179. The van der Waals surface area contributed by atoms with Gasteiger partial charge in [-0.2, -0.15) is 0 Å². The van der Waals surface area contributed by atoms with Gasteiger partial charge < -0.3 is 20.4 Å². The molecule has 1 heterocycles. The lowest BCUT2D eigenvalue weighted by Gasteiger charge is -2.12. The highest BCUT2D eigenvalue weighted by Gasteiger charge is 2.07. The molecule has 0 unspecified atom stereocenters. The monoisotopic (exact) mass is 408 g/mol. The first-order valence-electron chi connectivity index (χ1n) is 9.81. The molecule has 3 rings (SSSR count). The van der Waals surface area contributed by atoms with E-state index < -0.39 is 0 Å². The molecule has 1 amide bonds. The molecule has 0 fully saturated rings. The van der Waals surface area contributed by atoms with E-state index in [4.69, 9.17) is 4.42 Å². The number of carbonyl (C=O) groups is 1. The number of benzene rings is 2. The molecule has 7 heteroatoms. The van der Waals surface area contributed by atoms with Crippen LogP contribution in [0.3, 0.4) is 0 Å². The smallest absolute Gasteiger partial charge is 0.251 e. The van der Waals surface area contributed by atoms with E-state index in [9.17, 15) is 9.18 Å². The first-order valence-corrected chi connectivity index (χ1v) is 9.81. The highest BCUT2D eigenvalue weighted by Crippen LogP contribution is 2.08. The summed E-state index contributed by atoms with van der Waals surface area (Å²) in [6, 6.07) is 17.5. The zero-order valence-corrected chi connectivity index (χ0v) is 16.8. The molecule has 0 spiro atoms. The van der Waals surface area contributed by atoms with Gasteiger partial charge in [-0.1, -0.05) is 30.3 Å². The Kier molecular flexibility index (Phi) is 7.60. The first kappa shape index (κ1) is 21.1. The van der Waals surface area contributed by atoms with Gasteiger partial charge in [0.25, 0.3) is 5.91 Å². The maximum absolute atomic E-state index is 13.8. The Morgan fingerprint density at radius 1 is 1.00 bits per heavy atom. The summed E-state index contributed by atoms with van der Waals surface area (Å²) in [4.78, 5) is 16.9. The van der Waals surface area contributed by atoms with E-state index in [0.29, 0.717) is 49.0 Å². The van der Waals surface area contributed by atoms with Crippen LogP contribution in [0.4, 0.5) is 4.39 Å². The molecule has 3 N–H and O–H groups in total. The molecule has 6 nitrogen and oxygen atoms in total. The molecule has 0 aliphatic heterocycles. The summed E-state index contributed by atoms with van der Waals surface area (Å²) in [6.45, 7) is 3.68. The van der Waals surface area contributed by atoms with Crippen molar-refractivity contribution in [3.63, 3.8) is 0 Å². The quantitative estimate of drug-likeness (QED) is 0.393. The van der Waals surface area contributed by atoms with Crippen LogP contribution in [-0.4, -0.2) is 18.4 Å². The van der Waals surface area contributed by atoms with E-state index in [-0.39, 0.29) is 11.7 Å². The average molecular weight is 408 g/mol. The summed E-state index contributed by atoms with van der Waals surface area (Å²) >= 11 is 0. The molecule has 0 aliphatic carbocycles. The maximum Gasteiger partial charge on any atom is 0.251 e. The lowest BCUT2D eigenvalue weighted by Crippen LogP contribution is -2.37. The maximum atomic E-state index is 13.8. The van der Waals surface area contributed by atoms with Crippen molar-refractivity contribution < 1.29 is 13.6 Å². The number of hydrogen-bond acceptors (Lipinski definition) is 3. The van der Waals surface area contributed by atoms with Crippen molar-refractivity contribution in [2.24, 2.45) is 4.99 Å². The average Bonchev–Trinajstić information content (AvgIpc) is 3.29. The second-order valence-electron chi connectivity index (χ2n) is 6.60. The lowest BCUT2D eigenvalue weighted by atomic mass is 10.1. The van der Waals surface area contributed by atoms with Gasteiger partial charge in [0.2, 0.25) is 0 Å². The fourth-order valence-corrected chi connectivity index (χ4v) is 2.83. The first-order chi connectivity index (χ1) is 14.7. The summed E-state index contributed by atoms with van der Waals surface area (Å²) < 4.78 is 19.0. The number of nitrogens with one attached hydrogen (secondary N) is 3. The summed E-state index contributed by atoms with van der Waals surface area (Å²) in [5.74, 6) is 0.838. The fourth-order valence-electron chi connectivity index (χ4n) is 2.83. The molecule has 0 saturated heterocycles. The molecule has 2 aromatic carbocycles. The van der Waals surface area contributed by atoms with E-state index in [0.717, 1.165) is 5.56 Å². The van der Waals surface area contributed by atoms with Crippen molar-refractivity contribution in [1.29, 1.82) is 0 Å². The molecule has 0 aliphatic rings. The fraction of sp³-hybridized carbons (Fsp3) is 0.217. The molecule has 156 valence electrons. The predicted octanol–water partition coefficient (Wildman–Crippen LogP) is 3.60. The molecule has 0 saturated carbocycles. The number of amides is 1. The standard InChI is InChI=1S/C23H25FN4O2/c1-2-25-23(28-15-19-8-3-4-11-21(19)24)27-14-17-7-5-9-18(13-17)22(29)26-16-20-10-6-12-30-20/h3-13H,2,14-16H2,1H3,(H,26,29)(H2,25,27,28). The zero-order valence-electron chi connectivity index (χ0n) is 16.8. The number of nitrogens with zero attached hydrogens (tertiary/aromatic N) is 1. The van der Waals surface area contributed by atoms with Crippen LogP contribution in [0, 0.1) is 5.82 Å². The van der Waals surface area contributed by atoms with Gasteiger partial charge in [-0.15, -0.1) is 0 Å². The largest absolute Gasteiger partial charge is 0.467 e. The molecule has 0 atom stereocenters. The Morgan fingerprint density at radius 3 is 2.63 bits per heavy atom.